The van der Waals surface area contributed by atoms with Gasteiger partial charge in [0.15, 0.2) is 0 Å². The van der Waals surface area contributed by atoms with E-state index in [1.807, 2.05) is 6.20 Å². The molecule has 0 aromatic carbocycles. The zero-order valence-electron chi connectivity index (χ0n) is 19.5. The molecule has 0 saturated heterocycles. The minimum absolute atomic E-state index is 0.0442. The van der Waals surface area contributed by atoms with E-state index in [2.05, 4.69) is 55.8 Å². The van der Waals surface area contributed by atoms with Gasteiger partial charge in [-0.15, -0.1) is 0 Å². The zero-order valence-corrected chi connectivity index (χ0v) is 19.5. The Kier molecular flexibility index (Phi) is 11.4. The van der Waals surface area contributed by atoms with Crippen LogP contribution >= 0.6 is 0 Å². The van der Waals surface area contributed by atoms with E-state index in [1.165, 1.54) is 95.7 Å². The number of nitrogens with zero attached hydrogens (tertiary/aromatic N) is 2. The lowest BCUT2D eigenvalue weighted by molar-refractivity contribution is 0.421. The molecule has 1 aromatic rings. The number of aromatic nitrogens is 2. The van der Waals surface area contributed by atoms with Crippen LogP contribution in [0.4, 0.5) is 0 Å². The number of hydrogen-bond acceptors (Lipinski definition) is 1. The van der Waals surface area contributed by atoms with Crippen molar-refractivity contribution in [3.63, 3.8) is 0 Å². The molecule has 0 radical (unpaired) electrons. The molecule has 29 heavy (non-hydrogen) atoms. The summed E-state index contributed by atoms with van der Waals surface area (Å²) in [5.74, 6) is 1.22. The van der Waals surface area contributed by atoms with E-state index in [0.717, 1.165) is 6.42 Å². The van der Waals surface area contributed by atoms with E-state index in [4.69, 9.17) is 4.98 Å². The average Bonchev–Trinajstić information content (AvgIpc) is 3.23. The molecule has 2 unspecified atom stereocenters. The monoisotopic (exact) mass is 398 g/mol. The van der Waals surface area contributed by atoms with Crippen LogP contribution in [-0.4, -0.2) is 9.55 Å². The Morgan fingerprint density at radius 3 is 2.03 bits per heavy atom. The lowest BCUT2D eigenvalue weighted by atomic mass is 9.82. The second-order valence-corrected chi connectivity index (χ2v) is 9.45. The van der Waals surface area contributed by atoms with Crippen molar-refractivity contribution < 1.29 is 0 Å². The van der Waals surface area contributed by atoms with Gasteiger partial charge in [-0.05, 0) is 26.7 Å². The molecule has 0 bridgehead atoms. The van der Waals surface area contributed by atoms with Crippen LogP contribution in [0.5, 0.6) is 0 Å². The number of unbranched alkanes of at least 4 members (excludes halogenated alkanes) is 12. The highest BCUT2D eigenvalue weighted by molar-refractivity contribution is 5.27. The maximum Gasteiger partial charge on any atom is 0.119 e. The Labute approximate surface area is 180 Å². The minimum Gasteiger partial charge on any atom is -0.331 e. The topological polar surface area (TPSA) is 17.8 Å². The summed E-state index contributed by atoms with van der Waals surface area (Å²) in [7, 11) is 0. The average molecular weight is 399 g/mol. The van der Waals surface area contributed by atoms with Gasteiger partial charge in [0.2, 0.25) is 0 Å². The van der Waals surface area contributed by atoms with Crippen molar-refractivity contribution in [2.45, 2.75) is 129 Å². The largest absolute Gasteiger partial charge is 0.331 e. The number of hydrogen-bond donors (Lipinski definition) is 0. The van der Waals surface area contributed by atoms with Crippen LogP contribution in [0.2, 0.25) is 0 Å². The third kappa shape index (κ3) is 8.52. The summed E-state index contributed by atoms with van der Waals surface area (Å²) in [6.45, 7) is 6.96. The molecule has 1 aliphatic rings. The van der Waals surface area contributed by atoms with Gasteiger partial charge in [-0.3, -0.25) is 0 Å². The van der Waals surface area contributed by atoms with Gasteiger partial charge in [-0.25, -0.2) is 4.98 Å². The molecule has 0 spiro atoms. The second-order valence-electron chi connectivity index (χ2n) is 9.45. The van der Waals surface area contributed by atoms with Gasteiger partial charge in [0.05, 0.1) is 0 Å². The normalized spacial score (nSPS) is 19.7. The smallest absolute Gasteiger partial charge is 0.119 e. The molecular formula is C27H46N2. The van der Waals surface area contributed by atoms with Gasteiger partial charge in [0.1, 0.15) is 5.82 Å². The van der Waals surface area contributed by atoms with Crippen LogP contribution in [0.1, 0.15) is 129 Å². The van der Waals surface area contributed by atoms with Gasteiger partial charge in [0.25, 0.3) is 0 Å². The van der Waals surface area contributed by atoms with E-state index in [9.17, 15) is 0 Å². The highest BCUT2D eigenvalue weighted by Crippen LogP contribution is 2.33. The highest BCUT2D eigenvalue weighted by atomic mass is 15.1. The first-order valence-corrected chi connectivity index (χ1v) is 12.5. The number of imidazole rings is 1. The predicted molar refractivity (Wildman–Crippen MR) is 127 cm³/mol. The van der Waals surface area contributed by atoms with Gasteiger partial charge < -0.3 is 4.57 Å². The van der Waals surface area contributed by atoms with Crippen LogP contribution < -0.4 is 0 Å². The Morgan fingerprint density at radius 1 is 0.897 bits per heavy atom. The van der Waals surface area contributed by atoms with Crippen LogP contribution in [-0.2, 0) is 5.41 Å². The Balaban J connectivity index is 1.53. The SMILES string of the molecule is CCCCCCCCCCCCCCCC(C)n1ccnc1C1(C)C=CC=CC1. The fraction of sp³-hybridized carbons (Fsp3) is 0.741. The summed E-state index contributed by atoms with van der Waals surface area (Å²) in [6.07, 6.45) is 33.8. The van der Waals surface area contributed by atoms with E-state index in [-0.39, 0.29) is 5.41 Å². The quantitative estimate of drug-likeness (QED) is 0.255. The minimum atomic E-state index is 0.0442. The number of rotatable bonds is 16. The van der Waals surface area contributed by atoms with Crippen molar-refractivity contribution in [2.24, 2.45) is 0 Å². The molecular weight excluding hydrogens is 352 g/mol. The van der Waals surface area contributed by atoms with Crippen molar-refractivity contribution in [1.82, 2.24) is 9.55 Å². The third-order valence-corrected chi connectivity index (χ3v) is 6.63. The predicted octanol–water partition coefficient (Wildman–Crippen LogP) is 8.70. The molecule has 1 aromatic heterocycles. The standard InChI is InChI=1S/C27H46N2/c1-4-5-6-7-8-9-10-11-12-13-14-15-17-20-25(2)29-24-23-28-26(29)27(3)21-18-16-19-22-27/h16,18-19,21,23-25H,4-15,17,20,22H2,1-3H3. The molecule has 1 heterocycles. The van der Waals surface area contributed by atoms with Gasteiger partial charge in [-0.1, -0.05) is 115 Å². The van der Waals surface area contributed by atoms with Crippen LogP contribution in [0.25, 0.3) is 0 Å². The molecule has 2 atom stereocenters. The maximum atomic E-state index is 4.72. The molecule has 164 valence electrons. The van der Waals surface area contributed by atoms with E-state index < -0.39 is 0 Å². The Hall–Kier alpha value is -1.31. The summed E-state index contributed by atoms with van der Waals surface area (Å²) in [4.78, 5) is 4.72. The van der Waals surface area contributed by atoms with Crippen LogP contribution in [0.3, 0.4) is 0 Å². The summed E-state index contributed by atoms with van der Waals surface area (Å²) in [5, 5.41) is 0. The lowest BCUT2D eigenvalue weighted by Gasteiger charge is -2.29. The van der Waals surface area contributed by atoms with Gasteiger partial charge in [0, 0.05) is 23.9 Å². The zero-order chi connectivity index (χ0) is 20.8. The molecule has 0 saturated carbocycles. The van der Waals surface area contributed by atoms with Crippen LogP contribution in [0.15, 0.2) is 36.7 Å². The van der Waals surface area contributed by atoms with E-state index in [0.29, 0.717) is 6.04 Å². The molecule has 0 fully saturated rings. The summed E-state index contributed by atoms with van der Waals surface area (Å²) in [5.41, 5.74) is 0.0442. The summed E-state index contributed by atoms with van der Waals surface area (Å²) < 4.78 is 2.42. The molecule has 0 aliphatic heterocycles. The van der Waals surface area contributed by atoms with Gasteiger partial charge >= 0.3 is 0 Å². The first kappa shape index (κ1) is 24.0. The third-order valence-electron chi connectivity index (χ3n) is 6.63. The van der Waals surface area contributed by atoms with E-state index in [1.54, 1.807) is 0 Å². The second kappa shape index (κ2) is 13.8. The molecule has 2 nitrogen and oxygen atoms in total. The molecule has 2 heteroatoms. The lowest BCUT2D eigenvalue weighted by Crippen LogP contribution is -2.26. The first-order valence-electron chi connectivity index (χ1n) is 12.5. The van der Waals surface area contributed by atoms with E-state index >= 15 is 0 Å². The molecule has 2 rings (SSSR count). The Morgan fingerprint density at radius 2 is 1.48 bits per heavy atom. The number of allylic oxidation sites excluding steroid dienone is 4. The fourth-order valence-corrected chi connectivity index (χ4v) is 4.60. The fourth-order valence-electron chi connectivity index (χ4n) is 4.60. The van der Waals surface area contributed by atoms with Gasteiger partial charge in [-0.2, -0.15) is 0 Å². The van der Waals surface area contributed by atoms with Crippen molar-refractivity contribution in [2.75, 3.05) is 0 Å². The van der Waals surface area contributed by atoms with Crippen molar-refractivity contribution in [1.29, 1.82) is 0 Å². The first-order chi connectivity index (χ1) is 14.2. The summed E-state index contributed by atoms with van der Waals surface area (Å²) >= 11 is 0. The molecule has 0 amide bonds. The van der Waals surface area contributed by atoms with Crippen molar-refractivity contribution >= 4 is 0 Å². The van der Waals surface area contributed by atoms with Crippen LogP contribution in [0, 0.1) is 0 Å². The maximum absolute atomic E-state index is 4.72. The highest BCUT2D eigenvalue weighted by Gasteiger charge is 2.29. The van der Waals surface area contributed by atoms with Crippen molar-refractivity contribution in [3.8, 4) is 0 Å². The van der Waals surface area contributed by atoms with Crippen molar-refractivity contribution in [3.05, 3.63) is 42.5 Å². The molecule has 0 N–H and O–H groups in total. The summed E-state index contributed by atoms with van der Waals surface area (Å²) in [6, 6.07) is 0.538. The Bertz CT molecular complexity index is 597. The molecule has 1 aliphatic carbocycles.